The minimum absolute atomic E-state index is 0.272. The predicted octanol–water partition coefficient (Wildman–Crippen LogP) is 3.47. The molecule has 0 amide bonds. The predicted molar refractivity (Wildman–Crippen MR) is 139 cm³/mol. The quantitative estimate of drug-likeness (QED) is 0.461. The zero-order valence-electron chi connectivity index (χ0n) is 21.3. The van der Waals surface area contributed by atoms with E-state index in [4.69, 9.17) is 10.1 Å². The Bertz CT molecular complexity index is 1190. The highest BCUT2D eigenvalue weighted by atomic mass is 16.3. The van der Waals surface area contributed by atoms with Gasteiger partial charge in [-0.3, -0.25) is 10.2 Å². The highest BCUT2D eigenvalue weighted by Gasteiger charge is 2.33. The molecule has 7 heteroatoms. The van der Waals surface area contributed by atoms with Gasteiger partial charge in [-0.15, -0.1) is 0 Å². The fraction of sp³-hybridized carbons (Fsp3) is 0.464. The Hall–Kier alpha value is -2.87. The first-order valence-electron chi connectivity index (χ1n) is 12.5. The molecule has 0 spiro atoms. The summed E-state index contributed by atoms with van der Waals surface area (Å²) in [6, 6.07) is 10.6. The molecule has 0 bridgehead atoms. The van der Waals surface area contributed by atoms with Gasteiger partial charge >= 0.3 is 0 Å². The number of aryl methyl sites for hydroxylation is 3. The Kier molecular flexibility index (Phi) is 7.79. The van der Waals surface area contributed by atoms with Gasteiger partial charge in [0, 0.05) is 36.5 Å². The van der Waals surface area contributed by atoms with Crippen LogP contribution in [0.5, 0.6) is 0 Å². The number of aromatic nitrogens is 3. The minimum atomic E-state index is -0.711. The normalized spacial score (nSPS) is 17.3. The van der Waals surface area contributed by atoms with E-state index in [1.54, 1.807) is 7.05 Å². The summed E-state index contributed by atoms with van der Waals surface area (Å²) in [6.45, 7) is 7.66. The zero-order chi connectivity index (χ0) is 25.0. The first kappa shape index (κ1) is 25.2. The van der Waals surface area contributed by atoms with E-state index >= 15 is 0 Å². The van der Waals surface area contributed by atoms with Gasteiger partial charge in [0.1, 0.15) is 6.17 Å². The summed E-state index contributed by atoms with van der Waals surface area (Å²) in [5.41, 5.74) is 7.01. The summed E-state index contributed by atoms with van der Waals surface area (Å²) in [5, 5.41) is 18.8. The number of benzene rings is 1. The van der Waals surface area contributed by atoms with Gasteiger partial charge in [0.2, 0.25) is 0 Å². The summed E-state index contributed by atoms with van der Waals surface area (Å²) in [6.07, 6.45) is 8.41. The molecule has 3 heterocycles. The lowest BCUT2D eigenvalue weighted by Gasteiger charge is -2.39. The van der Waals surface area contributed by atoms with Gasteiger partial charge in [-0.1, -0.05) is 43.3 Å². The standard InChI is InChI=1S/C28H37N5O2/c1-5-25-24(27-30-20(2)17-21(3)33(27)31-25)18-23-10-8-22(9-11-23)7-6-12-28(35)13-15-32(16-14-28)26(19-34)29-4/h6-11,17,19,26,29,35H,5,12-16,18H2,1-4H3/b7-6+. The van der Waals surface area contributed by atoms with E-state index in [1.165, 1.54) is 11.1 Å². The lowest BCUT2D eigenvalue weighted by molar-refractivity contribution is -0.115. The van der Waals surface area contributed by atoms with Crippen molar-refractivity contribution in [3.8, 4) is 0 Å². The summed E-state index contributed by atoms with van der Waals surface area (Å²) in [7, 11) is 1.78. The summed E-state index contributed by atoms with van der Waals surface area (Å²) >= 11 is 0. The second-order valence-electron chi connectivity index (χ2n) is 9.71. The van der Waals surface area contributed by atoms with Crippen LogP contribution >= 0.6 is 0 Å². The lowest BCUT2D eigenvalue weighted by Crippen LogP contribution is -2.52. The van der Waals surface area contributed by atoms with Crippen molar-refractivity contribution >= 4 is 18.0 Å². The van der Waals surface area contributed by atoms with Gasteiger partial charge in [0.25, 0.3) is 0 Å². The van der Waals surface area contributed by atoms with Crippen molar-refractivity contribution in [3.63, 3.8) is 0 Å². The Morgan fingerprint density at radius 3 is 2.54 bits per heavy atom. The maximum Gasteiger partial charge on any atom is 0.159 e. The number of aliphatic hydroxyl groups is 1. The van der Waals surface area contributed by atoms with Crippen molar-refractivity contribution in [1.29, 1.82) is 0 Å². The number of carbonyl (C=O) groups is 1. The molecule has 2 aromatic heterocycles. The first-order valence-corrected chi connectivity index (χ1v) is 12.5. The van der Waals surface area contributed by atoms with Gasteiger partial charge in [0.05, 0.1) is 11.3 Å². The van der Waals surface area contributed by atoms with Crippen LogP contribution in [0.3, 0.4) is 0 Å². The van der Waals surface area contributed by atoms with E-state index in [-0.39, 0.29) is 6.17 Å². The van der Waals surface area contributed by atoms with E-state index in [2.05, 4.69) is 66.5 Å². The number of nitrogens with one attached hydrogen (secondary N) is 1. The van der Waals surface area contributed by atoms with E-state index in [1.807, 2.05) is 11.4 Å². The van der Waals surface area contributed by atoms with Crippen LogP contribution in [-0.2, 0) is 17.6 Å². The number of piperidine rings is 1. The Labute approximate surface area is 207 Å². The highest BCUT2D eigenvalue weighted by Crippen LogP contribution is 2.27. The van der Waals surface area contributed by atoms with Gasteiger partial charge < -0.3 is 9.90 Å². The monoisotopic (exact) mass is 475 g/mol. The topological polar surface area (TPSA) is 82.8 Å². The van der Waals surface area contributed by atoms with Crippen molar-refractivity contribution in [2.24, 2.45) is 0 Å². The third-order valence-electron chi connectivity index (χ3n) is 7.12. The van der Waals surface area contributed by atoms with Crippen molar-refractivity contribution in [1.82, 2.24) is 24.8 Å². The molecular formula is C28H37N5O2. The number of hydrogen-bond donors (Lipinski definition) is 2. The fourth-order valence-corrected chi connectivity index (χ4v) is 5.00. The maximum absolute atomic E-state index is 11.2. The van der Waals surface area contributed by atoms with Gasteiger partial charge in [-0.2, -0.15) is 5.10 Å². The lowest BCUT2D eigenvalue weighted by atomic mass is 9.87. The number of fused-ring (bicyclic) bond motifs is 1. The number of aldehydes is 1. The van der Waals surface area contributed by atoms with Crippen LogP contribution in [0, 0.1) is 13.8 Å². The number of likely N-dealkylation sites (N-methyl/N-ethyl adjacent to an activating group) is 1. The van der Waals surface area contributed by atoms with E-state index in [9.17, 15) is 9.90 Å². The Balaban J connectivity index is 1.39. The van der Waals surface area contributed by atoms with Crippen LogP contribution in [-0.4, -0.2) is 62.8 Å². The highest BCUT2D eigenvalue weighted by molar-refractivity contribution is 5.57. The molecule has 0 radical (unpaired) electrons. The minimum Gasteiger partial charge on any atom is -0.389 e. The third kappa shape index (κ3) is 5.69. The van der Waals surface area contributed by atoms with Crippen molar-refractivity contribution in [2.45, 2.75) is 64.6 Å². The molecule has 1 aliphatic rings. The maximum atomic E-state index is 11.2. The Morgan fingerprint density at radius 2 is 1.91 bits per heavy atom. The number of nitrogens with zero attached hydrogens (tertiary/aromatic N) is 4. The largest absolute Gasteiger partial charge is 0.389 e. The molecular weight excluding hydrogens is 438 g/mol. The van der Waals surface area contributed by atoms with E-state index < -0.39 is 5.60 Å². The van der Waals surface area contributed by atoms with Crippen LogP contribution in [0.4, 0.5) is 0 Å². The van der Waals surface area contributed by atoms with Crippen molar-refractivity contribution < 1.29 is 9.90 Å². The van der Waals surface area contributed by atoms with Crippen LogP contribution in [0.1, 0.15) is 60.0 Å². The van der Waals surface area contributed by atoms with E-state index in [0.717, 1.165) is 47.4 Å². The third-order valence-corrected chi connectivity index (χ3v) is 7.12. The summed E-state index contributed by atoms with van der Waals surface area (Å²) in [5.74, 6) is 0. The average molecular weight is 476 g/mol. The summed E-state index contributed by atoms with van der Waals surface area (Å²) < 4.78 is 1.96. The molecule has 1 aromatic carbocycles. The SMILES string of the molecule is CCc1nn2c(C)cc(C)nc2c1Cc1ccc(/C=C/CC2(O)CCN(C(C=O)NC)CC2)cc1. The molecule has 0 saturated carbocycles. The van der Waals surface area contributed by atoms with Gasteiger partial charge in [-0.05, 0) is 63.8 Å². The van der Waals surface area contributed by atoms with Crippen molar-refractivity contribution in [2.75, 3.05) is 20.1 Å². The van der Waals surface area contributed by atoms with Crippen LogP contribution in [0.2, 0.25) is 0 Å². The zero-order valence-corrected chi connectivity index (χ0v) is 21.3. The number of likely N-dealkylation sites (tertiary alicyclic amines) is 1. The Morgan fingerprint density at radius 1 is 1.20 bits per heavy atom. The van der Waals surface area contributed by atoms with Crippen LogP contribution in [0.15, 0.2) is 36.4 Å². The second kappa shape index (κ2) is 10.8. The smallest absolute Gasteiger partial charge is 0.159 e. The second-order valence-corrected chi connectivity index (χ2v) is 9.71. The van der Waals surface area contributed by atoms with E-state index in [0.29, 0.717) is 32.4 Å². The molecule has 1 unspecified atom stereocenters. The first-order chi connectivity index (χ1) is 16.9. The van der Waals surface area contributed by atoms with Gasteiger partial charge in [-0.25, -0.2) is 9.50 Å². The molecule has 1 fully saturated rings. The molecule has 2 N–H and O–H groups in total. The van der Waals surface area contributed by atoms with Crippen LogP contribution in [0.25, 0.3) is 11.7 Å². The number of hydrogen-bond acceptors (Lipinski definition) is 6. The molecule has 1 aliphatic heterocycles. The fourth-order valence-electron chi connectivity index (χ4n) is 5.00. The molecule has 0 aliphatic carbocycles. The van der Waals surface area contributed by atoms with Gasteiger partial charge in [0.15, 0.2) is 11.9 Å². The molecule has 3 aromatic rings. The van der Waals surface area contributed by atoms with Crippen LogP contribution < -0.4 is 5.32 Å². The molecule has 7 nitrogen and oxygen atoms in total. The number of rotatable bonds is 9. The molecule has 1 saturated heterocycles. The molecule has 4 rings (SSSR count). The summed E-state index contributed by atoms with van der Waals surface area (Å²) in [4.78, 5) is 18.0. The molecule has 186 valence electrons. The molecule has 35 heavy (non-hydrogen) atoms. The van der Waals surface area contributed by atoms with Crippen molar-refractivity contribution in [3.05, 3.63) is 70.2 Å². The average Bonchev–Trinajstić information content (AvgIpc) is 3.20. The number of carbonyl (C=O) groups excluding carboxylic acids is 1. The molecule has 1 atom stereocenters.